The first-order valence-electron chi connectivity index (χ1n) is 16.1. The van der Waals surface area contributed by atoms with Crippen LogP contribution in [0.15, 0.2) is 22.7 Å². The molecule has 1 aromatic carbocycles. The summed E-state index contributed by atoms with van der Waals surface area (Å²) in [6.45, 7) is 9.74. The summed E-state index contributed by atoms with van der Waals surface area (Å²) < 4.78 is 18.1. The van der Waals surface area contributed by atoms with Gasteiger partial charge in [-0.3, -0.25) is 0 Å². The average molecular weight is 601 g/mol. The molecule has 3 aromatic rings. The molecule has 3 aliphatic rings. The zero-order chi connectivity index (χ0) is 30.7. The molecule has 1 atom stereocenters. The van der Waals surface area contributed by atoms with Crippen molar-refractivity contribution in [2.24, 2.45) is 0 Å². The highest BCUT2D eigenvalue weighted by molar-refractivity contribution is 5.81. The molecule has 0 amide bonds. The number of unbranched alkanes of at least 4 members (excludes halogenated alkanes) is 1. The lowest BCUT2D eigenvalue weighted by molar-refractivity contribution is -0.0743. The first-order chi connectivity index (χ1) is 21.4. The third-order valence-electron chi connectivity index (χ3n) is 9.20. The molecule has 234 valence electrons. The quantitative estimate of drug-likeness (QED) is 0.306. The Morgan fingerprint density at radius 3 is 2.75 bits per heavy atom. The number of benzene rings is 1. The Morgan fingerprint density at radius 2 is 2.05 bits per heavy atom. The smallest absolute Gasteiger partial charge is 0.219 e. The fraction of sp³-hybridized carbons (Fsp3) is 0.576. The van der Waals surface area contributed by atoms with Gasteiger partial charge in [0, 0.05) is 42.9 Å². The molecule has 2 aromatic heterocycles. The highest BCUT2D eigenvalue weighted by Crippen LogP contribution is 2.39. The number of piperazine rings is 1. The van der Waals surface area contributed by atoms with Crippen LogP contribution in [0, 0.1) is 11.3 Å². The Kier molecular flexibility index (Phi) is 9.03. The first-order valence-corrected chi connectivity index (χ1v) is 16.1. The third-order valence-corrected chi connectivity index (χ3v) is 9.20. The van der Waals surface area contributed by atoms with Crippen LogP contribution in [-0.2, 0) is 17.6 Å². The maximum Gasteiger partial charge on any atom is 0.219 e. The number of nitriles is 1. The molecule has 1 unspecified atom stereocenters. The molecule has 3 saturated heterocycles. The van der Waals surface area contributed by atoms with E-state index in [4.69, 9.17) is 29.7 Å². The van der Waals surface area contributed by atoms with Crippen molar-refractivity contribution in [3.63, 3.8) is 0 Å². The van der Waals surface area contributed by atoms with E-state index in [0.717, 1.165) is 80.8 Å². The number of aromatic nitrogens is 3. The fourth-order valence-corrected chi connectivity index (χ4v) is 6.61. The van der Waals surface area contributed by atoms with E-state index >= 15 is 0 Å². The molecule has 1 spiro atoms. The maximum atomic E-state index is 10.1. The second kappa shape index (κ2) is 13.1. The van der Waals surface area contributed by atoms with Gasteiger partial charge < -0.3 is 34.8 Å². The fourth-order valence-electron chi connectivity index (χ4n) is 6.61. The van der Waals surface area contributed by atoms with Gasteiger partial charge in [0.1, 0.15) is 18.5 Å². The van der Waals surface area contributed by atoms with Crippen molar-refractivity contribution in [1.82, 2.24) is 25.3 Å². The maximum absolute atomic E-state index is 10.1. The molecule has 0 saturated carbocycles. The van der Waals surface area contributed by atoms with Gasteiger partial charge in [-0.1, -0.05) is 37.9 Å². The van der Waals surface area contributed by atoms with Crippen molar-refractivity contribution < 1.29 is 14.0 Å². The van der Waals surface area contributed by atoms with Gasteiger partial charge in [0.05, 0.1) is 30.0 Å². The van der Waals surface area contributed by atoms with Crippen LogP contribution >= 0.6 is 0 Å². The highest BCUT2D eigenvalue weighted by Gasteiger charge is 2.42. The molecule has 44 heavy (non-hydrogen) atoms. The normalized spacial score (nSPS) is 19.7. The second-order valence-electron chi connectivity index (χ2n) is 12.5. The predicted molar refractivity (Wildman–Crippen MR) is 170 cm³/mol. The van der Waals surface area contributed by atoms with Crippen molar-refractivity contribution in [3.05, 3.63) is 34.9 Å². The number of nitrogens with zero attached hydrogens (tertiary/aromatic N) is 6. The molecular formula is C33H44N8O3. The number of hydrogen-bond donors (Lipinski definition) is 2. The number of ether oxygens (including phenoxy) is 2. The van der Waals surface area contributed by atoms with Gasteiger partial charge in [-0.05, 0) is 57.3 Å². The molecule has 5 heterocycles. The SMILES string of the molecule is CCCCc1c(-c2nc(OCC3CCCN3C)cc(N3CCNC4(COC4)C3)n2)noc1-c1c(CCC)ccc(N)c1C#N. The summed E-state index contributed by atoms with van der Waals surface area (Å²) in [4.78, 5) is 14.6. The topological polar surface area (TPSA) is 139 Å². The molecule has 0 aliphatic carbocycles. The van der Waals surface area contributed by atoms with E-state index in [1.807, 2.05) is 12.1 Å². The first kappa shape index (κ1) is 30.3. The Labute approximate surface area is 259 Å². The molecule has 6 rings (SSSR count). The van der Waals surface area contributed by atoms with Crippen LogP contribution in [0.4, 0.5) is 11.5 Å². The van der Waals surface area contributed by atoms with E-state index in [-0.39, 0.29) is 5.54 Å². The number of anilines is 2. The monoisotopic (exact) mass is 600 g/mol. The number of nitrogens with two attached hydrogens (primary N) is 1. The van der Waals surface area contributed by atoms with Gasteiger partial charge in [0.2, 0.25) is 5.88 Å². The number of hydrogen-bond acceptors (Lipinski definition) is 11. The minimum atomic E-state index is -0.0547. The number of rotatable bonds is 11. The lowest BCUT2D eigenvalue weighted by Gasteiger charge is -2.49. The minimum absolute atomic E-state index is 0.0547. The summed E-state index contributed by atoms with van der Waals surface area (Å²) in [7, 11) is 2.15. The van der Waals surface area contributed by atoms with Crippen LogP contribution in [0.5, 0.6) is 5.88 Å². The van der Waals surface area contributed by atoms with Crippen molar-refractivity contribution in [3.8, 4) is 34.8 Å². The molecule has 3 fully saturated rings. The molecular weight excluding hydrogens is 556 g/mol. The molecule has 0 radical (unpaired) electrons. The van der Waals surface area contributed by atoms with Crippen molar-refractivity contribution in [2.75, 3.05) is 63.7 Å². The van der Waals surface area contributed by atoms with Crippen LogP contribution < -0.4 is 20.7 Å². The van der Waals surface area contributed by atoms with Gasteiger partial charge in [0.15, 0.2) is 17.3 Å². The van der Waals surface area contributed by atoms with E-state index in [1.54, 1.807) is 6.07 Å². The standard InChI is InChI=1S/C33H44N8O3/c1-4-6-10-24-30(39-44-31(24)29-22(8-5-2)11-12-26(35)25(29)17-34)32-37-27(41-15-13-36-33(19-41)20-42-21-33)16-28(38-32)43-18-23-9-7-14-40(23)3/h11-12,16,23,36H,4-10,13-15,18-21,35H2,1-3H3. The number of aryl methyl sites for hydroxylation is 1. The van der Waals surface area contributed by atoms with Crippen molar-refractivity contribution >= 4 is 11.5 Å². The van der Waals surface area contributed by atoms with Crippen LogP contribution in [-0.4, -0.2) is 84.7 Å². The summed E-state index contributed by atoms with van der Waals surface area (Å²) in [5.74, 6) is 2.38. The molecule has 11 heteroatoms. The third kappa shape index (κ3) is 5.99. The molecule has 0 bridgehead atoms. The number of likely N-dealkylation sites (tertiary alicyclic amines) is 1. The molecule has 3 N–H and O–H groups in total. The summed E-state index contributed by atoms with van der Waals surface area (Å²) in [6, 6.07) is 8.44. The Balaban J connectivity index is 1.44. The summed E-state index contributed by atoms with van der Waals surface area (Å²) in [6.07, 6.45) is 6.62. The van der Waals surface area contributed by atoms with Crippen LogP contribution in [0.25, 0.3) is 22.8 Å². The van der Waals surface area contributed by atoms with Gasteiger partial charge in [-0.2, -0.15) is 10.2 Å². The number of nitrogen functional groups attached to an aromatic ring is 1. The van der Waals surface area contributed by atoms with Gasteiger partial charge in [-0.25, -0.2) is 4.98 Å². The van der Waals surface area contributed by atoms with E-state index in [1.165, 1.54) is 6.42 Å². The zero-order valence-corrected chi connectivity index (χ0v) is 26.2. The number of likely N-dealkylation sites (N-methyl/N-ethyl adjacent to an activating group) is 1. The lowest BCUT2D eigenvalue weighted by Crippen LogP contribution is -2.70. The van der Waals surface area contributed by atoms with E-state index in [9.17, 15) is 5.26 Å². The van der Waals surface area contributed by atoms with Gasteiger partial charge >= 0.3 is 0 Å². The van der Waals surface area contributed by atoms with Crippen LogP contribution in [0.2, 0.25) is 0 Å². The van der Waals surface area contributed by atoms with Crippen LogP contribution in [0.3, 0.4) is 0 Å². The van der Waals surface area contributed by atoms with E-state index in [0.29, 0.717) is 66.7 Å². The van der Waals surface area contributed by atoms with Gasteiger partial charge in [0.25, 0.3) is 0 Å². The molecule has 11 nitrogen and oxygen atoms in total. The molecule has 3 aliphatic heterocycles. The van der Waals surface area contributed by atoms with Crippen LogP contribution in [0.1, 0.15) is 62.6 Å². The van der Waals surface area contributed by atoms with E-state index < -0.39 is 0 Å². The average Bonchev–Trinajstić information content (AvgIpc) is 3.64. The lowest BCUT2D eigenvalue weighted by atomic mass is 9.91. The van der Waals surface area contributed by atoms with E-state index in [2.05, 4.69) is 47.2 Å². The summed E-state index contributed by atoms with van der Waals surface area (Å²) >= 11 is 0. The zero-order valence-electron chi connectivity index (χ0n) is 26.2. The predicted octanol–water partition coefficient (Wildman–Crippen LogP) is 4.20. The van der Waals surface area contributed by atoms with Crippen molar-refractivity contribution in [2.45, 2.75) is 70.4 Å². The number of nitrogens with one attached hydrogen (secondary N) is 1. The Hall–Kier alpha value is -3.72. The Bertz CT molecular complexity index is 1510. The van der Waals surface area contributed by atoms with Crippen molar-refractivity contribution in [1.29, 1.82) is 5.26 Å². The summed E-state index contributed by atoms with van der Waals surface area (Å²) in [5.41, 5.74) is 10.3. The minimum Gasteiger partial charge on any atom is -0.476 e. The highest BCUT2D eigenvalue weighted by atomic mass is 16.5. The second-order valence-corrected chi connectivity index (χ2v) is 12.5. The van der Waals surface area contributed by atoms with Gasteiger partial charge in [-0.15, -0.1) is 0 Å². The largest absolute Gasteiger partial charge is 0.476 e. The Morgan fingerprint density at radius 1 is 1.18 bits per heavy atom. The summed E-state index contributed by atoms with van der Waals surface area (Å²) in [5, 5.41) is 18.4.